The number of hydrogen-bond acceptors (Lipinski definition) is 5. The second-order valence-electron chi connectivity index (χ2n) is 7.90. The second kappa shape index (κ2) is 11.0. The van der Waals surface area contributed by atoms with Crippen LogP contribution in [0.5, 0.6) is 0 Å². The molecule has 2 heterocycles. The number of anilines is 1. The number of nitrogens with one attached hydrogen (secondary N) is 2. The fraction of sp³-hybridized carbons (Fsp3) is 0.545. The summed E-state index contributed by atoms with van der Waals surface area (Å²) < 4.78 is 0. The molecule has 1 fully saturated rings. The Bertz CT molecular complexity index is 842. The number of hydrogen-bond donors (Lipinski definition) is 2. The normalized spacial score (nSPS) is 15.7. The van der Waals surface area contributed by atoms with Gasteiger partial charge in [-0.05, 0) is 32.0 Å². The van der Waals surface area contributed by atoms with Gasteiger partial charge in [0.25, 0.3) is 0 Å². The van der Waals surface area contributed by atoms with E-state index < -0.39 is 0 Å². The summed E-state index contributed by atoms with van der Waals surface area (Å²) in [6.07, 6.45) is 0. The van der Waals surface area contributed by atoms with Gasteiger partial charge in [0.15, 0.2) is 5.96 Å². The fourth-order valence-corrected chi connectivity index (χ4v) is 4.50. The summed E-state index contributed by atoms with van der Waals surface area (Å²) in [6, 6.07) is 6.14. The van der Waals surface area contributed by atoms with Crippen molar-refractivity contribution in [3.8, 4) is 0 Å². The molecule has 1 aromatic carbocycles. The smallest absolute Gasteiger partial charge is 0.191 e. The van der Waals surface area contributed by atoms with Crippen LogP contribution in [0.2, 0.25) is 5.02 Å². The maximum absolute atomic E-state index is 6.59. The number of piperazine rings is 1. The van der Waals surface area contributed by atoms with Gasteiger partial charge in [-0.1, -0.05) is 31.5 Å². The lowest BCUT2D eigenvalue weighted by molar-refractivity contribution is 0.312. The number of halogens is 1. The zero-order valence-corrected chi connectivity index (χ0v) is 20.0. The van der Waals surface area contributed by atoms with Crippen LogP contribution in [-0.2, 0) is 13.1 Å². The minimum absolute atomic E-state index is 0.449. The molecule has 2 aromatic rings. The monoisotopic (exact) mass is 448 g/mol. The third kappa shape index (κ3) is 6.09. The Morgan fingerprint density at radius 2 is 2.00 bits per heavy atom. The van der Waals surface area contributed by atoms with Gasteiger partial charge < -0.3 is 20.4 Å². The molecular formula is C22H33ClN6S. The van der Waals surface area contributed by atoms with Crippen LogP contribution in [0.4, 0.5) is 5.69 Å². The van der Waals surface area contributed by atoms with E-state index in [9.17, 15) is 0 Å². The Labute approximate surface area is 189 Å². The molecule has 0 saturated carbocycles. The first-order chi connectivity index (χ1) is 14.5. The summed E-state index contributed by atoms with van der Waals surface area (Å²) in [6.45, 7) is 12.5. The van der Waals surface area contributed by atoms with E-state index in [1.165, 1.54) is 5.69 Å². The predicted octanol–water partition coefficient (Wildman–Crippen LogP) is 3.93. The van der Waals surface area contributed by atoms with Crippen LogP contribution in [-0.4, -0.2) is 55.6 Å². The van der Waals surface area contributed by atoms with E-state index in [0.29, 0.717) is 19.0 Å². The minimum Gasteiger partial charge on any atom is -0.369 e. The first kappa shape index (κ1) is 22.8. The summed E-state index contributed by atoms with van der Waals surface area (Å²) in [7, 11) is 2.17. The van der Waals surface area contributed by atoms with Crippen molar-refractivity contribution in [1.29, 1.82) is 0 Å². The van der Waals surface area contributed by atoms with E-state index >= 15 is 0 Å². The number of benzene rings is 1. The standard InChI is InChI=1S/C22H33ClN6S/c1-5-24-22(26-14-21-27-19(15-30-21)16(2)3)25-13-17-18(23)7-6-8-20(17)29-11-9-28(4)10-12-29/h6-8,15-16H,5,9-14H2,1-4H3,(H2,24,25,26). The van der Waals surface area contributed by atoms with Crippen molar-refractivity contribution in [2.45, 2.75) is 39.8 Å². The number of aliphatic imine (C=N–C) groups is 1. The summed E-state index contributed by atoms with van der Waals surface area (Å²) in [5, 5.41) is 10.7. The highest BCUT2D eigenvalue weighted by molar-refractivity contribution is 7.09. The molecule has 1 saturated heterocycles. The zero-order valence-electron chi connectivity index (χ0n) is 18.4. The molecule has 2 N–H and O–H groups in total. The Kier molecular flexibility index (Phi) is 8.36. The van der Waals surface area contributed by atoms with Crippen LogP contribution in [0.25, 0.3) is 0 Å². The summed E-state index contributed by atoms with van der Waals surface area (Å²) in [5.41, 5.74) is 3.42. The van der Waals surface area contributed by atoms with Gasteiger partial charge in [-0.15, -0.1) is 11.3 Å². The van der Waals surface area contributed by atoms with E-state index in [0.717, 1.165) is 60.0 Å². The molecule has 0 unspecified atom stereocenters. The second-order valence-corrected chi connectivity index (χ2v) is 9.25. The van der Waals surface area contributed by atoms with Crippen molar-refractivity contribution in [2.75, 3.05) is 44.7 Å². The lowest BCUT2D eigenvalue weighted by atomic mass is 10.1. The molecule has 1 aliphatic rings. The molecule has 0 amide bonds. The predicted molar refractivity (Wildman–Crippen MR) is 129 cm³/mol. The highest BCUT2D eigenvalue weighted by Gasteiger charge is 2.18. The Morgan fingerprint density at radius 3 is 2.67 bits per heavy atom. The zero-order chi connectivity index (χ0) is 21.5. The summed E-state index contributed by atoms with van der Waals surface area (Å²) >= 11 is 8.28. The molecular weight excluding hydrogens is 416 g/mol. The van der Waals surface area contributed by atoms with Gasteiger partial charge >= 0.3 is 0 Å². The molecule has 0 spiro atoms. The topological polar surface area (TPSA) is 55.8 Å². The quantitative estimate of drug-likeness (QED) is 0.496. The maximum atomic E-state index is 6.59. The van der Waals surface area contributed by atoms with Gasteiger partial charge in [0.2, 0.25) is 0 Å². The lowest BCUT2D eigenvalue weighted by Crippen LogP contribution is -2.44. The van der Waals surface area contributed by atoms with E-state index in [1.807, 2.05) is 12.1 Å². The third-order valence-electron chi connectivity index (χ3n) is 5.25. The van der Waals surface area contributed by atoms with Gasteiger partial charge in [0.1, 0.15) is 5.01 Å². The maximum Gasteiger partial charge on any atom is 0.191 e. The van der Waals surface area contributed by atoms with Gasteiger partial charge in [-0.2, -0.15) is 0 Å². The first-order valence-electron chi connectivity index (χ1n) is 10.6. The van der Waals surface area contributed by atoms with Crippen LogP contribution in [0.3, 0.4) is 0 Å². The van der Waals surface area contributed by atoms with Gasteiger partial charge in [0.05, 0.1) is 18.8 Å². The number of nitrogens with zero attached hydrogens (tertiary/aromatic N) is 4. The molecule has 164 valence electrons. The van der Waals surface area contributed by atoms with E-state index in [-0.39, 0.29) is 0 Å². The molecule has 0 bridgehead atoms. The minimum atomic E-state index is 0.449. The van der Waals surface area contributed by atoms with Crippen LogP contribution >= 0.6 is 22.9 Å². The molecule has 1 aromatic heterocycles. The van der Waals surface area contributed by atoms with E-state index in [1.54, 1.807) is 11.3 Å². The van der Waals surface area contributed by atoms with Crippen molar-refractivity contribution >= 4 is 34.6 Å². The molecule has 30 heavy (non-hydrogen) atoms. The number of guanidine groups is 1. The molecule has 6 nitrogen and oxygen atoms in total. The average molecular weight is 449 g/mol. The van der Waals surface area contributed by atoms with Crippen molar-refractivity contribution in [1.82, 2.24) is 20.5 Å². The van der Waals surface area contributed by atoms with E-state index in [4.69, 9.17) is 21.6 Å². The van der Waals surface area contributed by atoms with Crippen LogP contribution in [0.1, 0.15) is 43.0 Å². The first-order valence-corrected chi connectivity index (χ1v) is 11.9. The highest BCUT2D eigenvalue weighted by Crippen LogP contribution is 2.29. The Balaban J connectivity index is 1.70. The number of likely N-dealkylation sites (N-methyl/N-ethyl adjacent to an activating group) is 1. The van der Waals surface area contributed by atoms with Gasteiger partial charge in [-0.25, -0.2) is 9.98 Å². The third-order valence-corrected chi connectivity index (χ3v) is 6.47. The summed E-state index contributed by atoms with van der Waals surface area (Å²) in [5.74, 6) is 1.23. The van der Waals surface area contributed by atoms with E-state index in [2.05, 4.69) is 59.7 Å². The largest absolute Gasteiger partial charge is 0.369 e. The number of aromatic nitrogens is 1. The van der Waals surface area contributed by atoms with Crippen LogP contribution in [0, 0.1) is 0 Å². The Morgan fingerprint density at radius 1 is 1.23 bits per heavy atom. The van der Waals surface area contributed by atoms with Crippen molar-refractivity contribution in [2.24, 2.45) is 4.99 Å². The summed E-state index contributed by atoms with van der Waals surface area (Å²) in [4.78, 5) is 14.3. The average Bonchev–Trinajstić information content (AvgIpc) is 3.21. The van der Waals surface area contributed by atoms with Crippen molar-refractivity contribution in [3.05, 3.63) is 44.9 Å². The van der Waals surface area contributed by atoms with Crippen LogP contribution in [0.15, 0.2) is 28.6 Å². The van der Waals surface area contributed by atoms with Crippen molar-refractivity contribution < 1.29 is 0 Å². The molecule has 0 radical (unpaired) electrons. The Hall–Kier alpha value is -1.83. The lowest BCUT2D eigenvalue weighted by Gasteiger charge is -2.35. The highest BCUT2D eigenvalue weighted by atomic mass is 35.5. The molecule has 3 rings (SSSR count). The number of thiazole rings is 1. The molecule has 0 atom stereocenters. The fourth-order valence-electron chi connectivity index (χ4n) is 3.38. The van der Waals surface area contributed by atoms with Gasteiger partial charge in [0, 0.05) is 54.4 Å². The number of rotatable bonds is 7. The van der Waals surface area contributed by atoms with Gasteiger partial charge in [-0.3, -0.25) is 0 Å². The molecule has 0 aliphatic carbocycles. The van der Waals surface area contributed by atoms with Crippen LogP contribution < -0.4 is 15.5 Å². The SMILES string of the molecule is CCNC(=NCc1c(Cl)cccc1N1CCN(C)CC1)NCc1nc(C(C)C)cs1. The molecule has 1 aliphatic heterocycles. The van der Waals surface area contributed by atoms with Crippen molar-refractivity contribution in [3.63, 3.8) is 0 Å². The molecule has 8 heteroatoms.